The number of rotatable bonds is 4. The van der Waals surface area contributed by atoms with E-state index in [9.17, 15) is 14.7 Å². The third-order valence-electron chi connectivity index (χ3n) is 8.96. The quantitative estimate of drug-likeness (QED) is 0.690. The van der Waals surface area contributed by atoms with E-state index in [1.54, 1.807) is 6.08 Å². The summed E-state index contributed by atoms with van der Waals surface area (Å²) in [5, 5.41) is 11.4. The summed E-state index contributed by atoms with van der Waals surface area (Å²) in [6.45, 7) is 11.7. The smallest absolute Gasteiger partial charge is 0.334 e. The zero-order valence-electron chi connectivity index (χ0n) is 19.2. The highest BCUT2D eigenvalue weighted by atomic mass is 16.5. The Kier molecular flexibility index (Phi) is 5.36. The Morgan fingerprint density at radius 1 is 1.27 bits per heavy atom. The Labute approximate surface area is 180 Å². The molecule has 6 atom stereocenters. The molecule has 0 amide bonds. The molecular formula is C25H38O5. The van der Waals surface area contributed by atoms with Crippen molar-refractivity contribution in [2.45, 2.75) is 79.2 Å². The third-order valence-corrected chi connectivity index (χ3v) is 8.96. The van der Waals surface area contributed by atoms with Gasteiger partial charge in [0.25, 0.3) is 0 Å². The van der Waals surface area contributed by atoms with Crippen molar-refractivity contribution in [3.63, 3.8) is 0 Å². The van der Waals surface area contributed by atoms with Crippen LogP contribution in [0.2, 0.25) is 0 Å². The highest BCUT2D eigenvalue weighted by Gasteiger charge is 2.67. The number of esters is 2. The third kappa shape index (κ3) is 3.23. The van der Waals surface area contributed by atoms with Gasteiger partial charge in [0.05, 0.1) is 19.3 Å². The van der Waals surface area contributed by atoms with Crippen molar-refractivity contribution in [1.82, 2.24) is 0 Å². The van der Waals surface area contributed by atoms with Crippen molar-refractivity contribution < 1.29 is 24.2 Å². The Bertz CT molecular complexity index is 753. The first kappa shape index (κ1) is 21.9. The molecule has 0 bridgehead atoms. The average Bonchev–Trinajstić information content (AvgIpc) is 3.00. The summed E-state index contributed by atoms with van der Waals surface area (Å²) in [7, 11) is 0. The number of carbonyl (C=O) groups is 2. The van der Waals surface area contributed by atoms with Crippen molar-refractivity contribution in [1.29, 1.82) is 0 Å². The summed E-state index contributed by atoms with van der Waals surface area (Å²) in [5.74, 6) is 0.0891. The first-order valence-electron chi connectivity index (χ1n) is 11.7. The van der Waals surface area contributed by atoms with Crippen LogP contribution < -0.4 is 0 Å². The number of aliphatic hydroxyl groups excluding tert-OH is 1. The molecular weight excluding hydrogens is 380 g/mol. The SMILES string of the molecule is CC(C)CC(=O)OCC12CCC3C(C)(C)CCCC3(C)C1C(O)C=C1C(=O)OCC12. The van der Waals surface area contributed by atoms with E-state index in [2.05, 4.69) is 20.8 Å². The number of ether oxygens (including phenoxy) is 2. The molecule has 1 heterocycles. The van der Waals surface area contributed by atoms with Crippen LogP contribution in [-0.4, -0.2) is 36.4 Å². The van der Waals surface area contributed by atoms with Crippen LogP contribution >= 0.6 is 0 Å². The predicted octanol–water partition coefficient (Wildman–Crippen LogP) is 4.28. The molecule has 0 aromatic heterocycles. The Balaban J connectivity index is 1.74. The second kappa shape index (κ2) is 7.36. The molecule has 4 rings (SSSR count). The lowest BCUT2D eigenvalue weighted by molar-refractivity contribution is -0.202. The van der Waals surface area contributed by atoms with Crippen molar-refractivity contribution in [2.75, 3.05) is 13.2 Å². The molecule has 0 spiro atoms. The first-order chi connectivity index (χ1) is 14.0. The normalized spacial score (nSPS) is 42.0. The van der Waals surface area contributed by atoms with Gasteiger partial charge < -0.3 is 14.6 Å². The number of carbonyl (C=O) groups excluding carboxylic acids is 2. The van der Waals surface area contributed by atoms with E-state index in [4.69, 9.17) is 9.47 Å². The van der Waals surface area contributed by atoms with Crippen LogP contribution in [-0.2, 0) is 19.1 Å². The monoisotopic (exact) mass is 418 g/mol. The van der Waals surface area contributed by atoms with Gasteiger partial charge in [0.15, 0.2) is 0 Å². The molecule has 2 saturated carbocycles. The van der Waals surface area contributed by atoms with Crippen molar-refractivity contribution in [3.8, 4) is 0 Å². The summed E-state index contributed by atoms with van der Waals surface area (Å²) >= 11 is 0. The lowest BCUT2D eigenvalue weighted by atomic mass is 9.39. The summed E-state index contributed by atoms with van der Waals surface area (Å²) in [6.07, 6.45) is 6.73. The Hall–Kier alpha value is -1.36. The molecule has 1 saturated heterocycles. The summed E-state index contributed by atoms with van der Waals surface area (Å²) < 4.78 is 11.3. The van der Waals surface area contributed by atoms with E-state index < -0.39 is 11.5 Å². The molecule has 5 heteroatoms. The van der Waals surface area contributed by atoms with Crippen LogP contribution in [0.1, 0.15) is 73.1 Å². The summed E-state index contributed by atoms with van der Waals surface area (Å²) in [6, 6.07) is 0. The molecule has 30 heavy (non-hydrogen) atoms. The van der Waals surface area contributed by atoms with Gasteiger partial charge in [0.2, 0.25) is 0 Å². The molecule has 5 nitrogen and oxygen atoms in total. The van der Waals surface area contributed by atoms with E-state index in [-0.39, 0.29) is 47.1 Å². The molecule has 168 valence electrons. The van der Waals surface area contributed by atoms with Gasteiger partial charge in [-0.2, -0.15) is 0 Å². The second-order valence-corrected chi connectivity index (χ2v) is 11.7. The van der Waals surface area contributed by atoms with Gasteiger partial charge in [-0.15, -0.1) is 0 Å². The number of fused-ring (bicyclic) bond motifs is 5. The molecule has 0 aromatic rings. The zero-order valence-corrected chi connectivity index (χ0v) is 19.2. The van der Waals surface area contributed by atoms with Gasteiger partial charge in [0.1, 0.15) is 0 Å². The maximum atomic E-state index is 12.5. The fraction of sp³-hybridized carbons (Fsp3) is 0.840. The minimum absolute atomic E-state index is 0.0431. The van der Waals surface area contributed by atoms with Crippen molar-refractivity contribution in [2.24, 2.45) is 39.9 Å². The lowest BCUT2D eigenvalue weighted by Crippen LogP contribution is -2.63. The highest BCUT2D eigenvalue weighted by Crippen LogP contribution is 2.69. The van der Waals surface area contributed by atoms with Crippen LogP contribution in [0.15, 0.2) is 11.6 Å². The molecule has 0 radical (unpaired) electrons. The number of aliphatic hydroxyl groups is 1. The van der Waals surface area contributed by atoms with Crippen molar-refractivity contribution in [3.05, 3.63) is 11.6 Å². The highest BCUT2D eigenvalue weighted by molar-refractivity contribution is 5.91. The van der Waals surface area contributed by atoms with E-state index in [1.807, 2.05) is 13.8 Å². The van der Waals surface area contributed by atoms with Crippen LogP contribution in [0.25, 0.3) is 0 Å². The van der Waals surface area contributed by atoms with Crippen LogP contribution in [0, 0.1) is 39.9 Å². The van der Waals surface area contributed by atoms with Crippen molar-refractivity contribution >= 4 is 11.9 Å². The van der Waals surface area contributed by atoms with Gasteiger partial charge in [0, 0.05) is 29.2 Å². The molecule has 1 aliphatic heterocycles. The molecule has 4 aliphatic rings. The van der Waals surface area contributed by atoms with Gasteiger partial charge in [-0.1, -0.05) is 41.0 Å². The van der Waals surface area contributed by atoms with Gasteiger partial charge in [-0.3, -0.25) is 4.79 Å². The standard InChI is InChI=1S/C25H38O5/c1-15(2)11-20(27)30-14-25-10-7-19-23(3,4)8-6-9-24(19,5)21(25)18(26)12-16-17(25)13-29-22(16)28/h12,15,17-19,21,26H,6-11,13-14H2,1-5H3. The molecule has 0 aromatic carbocycles. The second-order valence-electron chi connectivity index (χ2n) is 11.7. The number of cyclic esters (lactones) is 1. The summed E-state index contributed by atoms with van der Waals surface area (Å²) in [4.78, 5) is 24.9. The molecule has 3 fully saturated rings. The maximum absolute atomic E-state index is 12.5. The predicted molar refractivity (Wildman–Crippen MR) is 113 cm³/mol. The summed E-state index contributed by atoms with van der Waals surface area (Å²) in [5.41, 5.74) is 0.313. The lowest BCUT2D eigenvalue weighted by Gasteiger charge is -2.65. The van der Waals surface area contributed by atoms with E-state index >= 15 is 0 Å². The molecule has 3 aliphatic carbocycles. The van der Waals surface area contributed by atoms with Gasteiger partial charge in [-0.05, 0) is 54.4 Å². The Morgan fingerprint density at radius 2 is 2.00 bits per heavy atom. The van der Waals surface area contributed by atoms with E-state index in [0.717, 1.165) is 25.7 Å². The minimum atomic E-state index is -0.715. The molecule has 1 N–H and O–H groups in total. The topological polar surface area (TPSA) is 72.8 Å². The average molecular weight is 419 g/mol. The van der Waals surface area contributed by atoms with Gasteiger partial charge in [-0.25, -0.2) is 4.79 Å². The maximum Gasteiger partial charge on any atom is 0.334 e. The largest absolute Gasteiger partial charge is 0.465 e. The number of hydrogen-bond donors (Lipinski definition) is 1. The zero-order chi connectivity index (χ0) is 21.9. The van der Waals surface area contributed by atoms with Crippen LogP contribution in [0.4, 0.5) is 0 Å². The van der Waals surface area contributed by atoms with E-state index in [1.165, 1.54) is 6.42 Å². The van der Waals surface area contributed by atoms with Crippen LogP contribution in [0.5, 0.6) is 0 Å². The van der Waals surface area contributed by atoms with Gasteiger partial charge >= 0.3 is 11.9 Å². The number of hydrogen-bond acceptors (Lipinski definition) is 5. The fourth-order valence-electron chi connectivity index (χ4n) is 7.89. The molecule has 6 unspecified atom stereocenters. The first-order valence-corrected chi connectivity index (χ1v) is 11.7. The fourth-order valence-corrected chi connectivity index (χ4v) is 7.89. The Morgan fingerprint density at radius 3 is 2.70 bits per heavy atom. The van der Waals surface area contributed by atoms with E-state index in [0.29, 0.717) is 24.5 Å². The minimum Gasteiger partial charge on any atom is -0.465 e. The van der Waals surface area contributed by atoms with Crippen LogP contribution in [0.3, 0.4) is 0 Å².